The Bertz CT molecular complexity index is 388. The van der Waals surface area contributed by atoms with Crippen LogP contribution in [0.3, 0.4) is 0 Å². The molecule has 3 nitrogen and oxygen atoms in total. The first-order valence-corrected chi connectivity index (χ1v) is 6.34. The van der Waals surface area contributed by atoms with Gasteiger partial charge in [-0.25, -0.2) is 0 Å². The Labute approximate surface area is 102 Å². The molecule has 1 amide bonds. The average Bonchev–Trinajstić information content (AvgIpc) is 2.35. The van der Waals surface area contributed by atoms with E-state index in [1.54, 1.807) is 0 Å². The number of aryl methyl sites for hydroxylation is 1. The minimum absolute atomic E-state index is 0.130. The summed E-state index contributed by atoms with van der Waals surface area (Å²) in [6.07, 6.45) is 5.62. The summed E-state index contributed by atoms with van der Waals surface area (Å²) in [5.41, 5.74) is 8.33. The maximum atomic E-state index is 12.1. The SMILES string of the molecule is Cc1cccc(N)c1NC(=O)C1CCCCC1. The molecule has 0 spiro atoms. The van der Waals surface area contributed by atoms with E-state index in [0.29, 0.717) is 5.69 Å². The van der Waals surface area contributed by atoms with Gasteiger partial charge >= 0.3 is 0 Å². The zero-order valence-corrected chi connectivity index (χ0v) is 10.3. The number of para-hydroxylation sites is 1. The van der Waals surface area contributed by atoms with Crippen LogP contribution in [0.2, 0.25) is 0 Å². The van der Waals surface area contributed by atoms with Gasteiger partial charge in [-0.05, 0) is 31.4 Å². The number of benzene rings is 1. The van der Waals surface area contributed by atoms with Crippen molar-refractivity contribution >= 4 is 17.3 Å². The van der Waals surface area contributed by atoms with Crippen molar-refractivity contribution in [1.82, 2.24) is 0 Å². The summed E-state index contributed by atoms with van der Waals surface area (Å²) in [4.78, 5) is 12.1. The molecule has 1 aliphatic carbocycles. The van der Waals surface area contributed by atoms with Crippen molar-refractivity contribution in [3.63, 3.8) is 0 Å². The number of hydrogen-bond donors (Lipinski definition) is 2. The molecule has 0 radical (unpaired) electrons. The normalized spacial score (nSPS) is 16.8. The lowest BCUT2D eigenvalue weighted by atomic mass is 9.88. The van der Waals surface area contributed by atoms with Gasteiger partial charge in [0, 0.05) is 5.92 Å². The lowest BCUT2D eigenvalue weighted by Crippen LogP contribution is -2.25. The van der Waals surface area contributed by atoms with Crippen LogP contribution < -0.4 is 11.1 Å². The quantitative estimate of drug-likeness (QED) is 0.770. The van der Waals surface area contributed by atoms with Crippen molar-refractivity contribution in [2.24, 2.45) is 5.92 Å². The third-order valence-corrected chi connectivity index (χ3v) is 3.53. The minimum atomic E-state index is 0.130. The van der Waals surface area contributed by atoms with Gasteiger partial charge in [-0.3, -0.25) is 4.79 Å². The van der Waals surface area contributed by atoms with E-state index in [4.69, 9.17) is 5.73 Å². The van der Waals surface area contributed by atoms with E-state index in [1.807, 2.05) is 25.1 Å². The highest BCUT2D eigenvalue weighted by Gasteiger charge is 2.21. The smallest absolute Gasteiger partial charge is 0.227 e. The van der Waals surface area contributed by atoms with Crippen LogP contribution in [-0.2, 0) is 4.79 Å². The molecule has 1 saturated carbocycles. The van der Waals surface area contributed by atoms with Crippen LogP contribution in [-0.4, -0.2) is 5.91 Å². The third kappa shape index (κ3) is 2.78. The van der Waals surface area contributed by atoms with Gasteiger partial charge in [-0.15, -0.1) is 0 Å². The molecule has 2 rings (SSSR count). The summed E-state index contributed by atoms with van der Waals surface area (Å²) in [6.45, 7) is 1.97. The van der Waals surface area contributed by atoms with Gasteiger partial charge in [0.2, 0.25) is 5.91 Å². The maximum Gasteiger partial charge on any atom is 0.227 e. The van der Waals surface area contributed by atoms with Gasteiger partial charge in [0.1, 0.15) is 0 Å². The first-order chi connectivity index (χ1) is 8.18. The van der Waals surface area contributed by atoms with Crippen LogP contribution >= 0.6 is 0 Å². The number of rotatable bonds is 2. The second-order valence-electron chi connectivity index (χ2n) is 4.86. The van der Waals surface area contributed by atoms with Crippen LogP contribution in [0.15, 0.2) is 18.2 Å². The molecule has 3 heteroatoms. The fourth-order valence-electron chi connectivity index (χ4n) is 2.45. The molecule has 3 N–H and O–H groups in total. The molecule has 17 heavy (non-hydrogen) atoms. The Balaban J connectivity index is 2.07. The van der Waals surface area contributed by atoms with Gasteiger partial charge in [-0.1, -0.05) is 31.4 Å². The molecular formula is C14H20N2O. The van der Waals surface area contributed by atoms with Crippen molar-refractivity contribution in [2.45, 2.75) is 39.0 Å². The van der Waals surface area contributed by atoms with Crippen LogP contribution in [0.25, 0.3) is 0 Å². The zero-order valence-electron chi connectivity index (χ0n) is 10.3. The van der Waals surface area contributed by atoms with Crippen molar-refractivity contribution < 1.29 is 4.79 Å². The van der Waals surface area contributed by atoms with Crippen molar-refractivity contribution in [3.05, 3.63) is 23.8 Å². The Morgan fingerprint density at radius 1 is 1.29 bits per heavy atom. The summed E-state index contributed by atoms with van der Waals surface area (Å²) >= 11 is 0. The lowest BCUT2D eigenvalue weighted by molar-refractivity contribution is -0.120. The van der Waals surface area contributed by atoms with Crippen LogP contribution in [0, 0.1) is 12.8 Å². The largest absolute Gasteiger partial charge is 0.397 e. The number of hydrogen-bond acceptors (Lipinski definition) is 2. The Kier molecular flexibility index (Phi) is 3.67. The highest BCUT2D eigenvalue weighted by atomic mass is 16.1. The summed E-state index contributed by atoms with van der Waals surface area (Å²) in [7, 11) is 0. The lowest BCUT2D eigenvalue weighted by Gasteiger charge is -2.21. The summed E-state index contributed by atoms with van der Waals surface area (Å²) in [5.74, 6) is 0.299. The highest BCUT2D eigenvalue weighted by Crippen LogP contribution is 2.27. The summed E-state index contributed by atoms with van der Waals surface area (Å²) in [6, 6.07) is 5.69. The van der Waals surface area contributed by atoms with Gasteiger partial charge in [0.05, 0.1) is 11.4 Å². The molecule has 92 valence electrons. The molecule has 1 aromatic rings. The number of anilines is 2. The van der Waals surface area contributed by atoms with Crippen LogP contribution in [0.1, 0.15) is 37.7 Å². The molecule has 0 unspecified atom stereocenters. The van der Waals surface area contributed by atoms with Crippen molar-refractivity contribution in [2.75, 3.05) is 11.1 Å². The fourth-order valence-corrected chi connectivity index (χ4v) is 2.45. The standard InChI is InChI=1S/C14H20N2O/c1-10-6-5-9-12(15)13(10)16-14(17)11-7-3-2-4-8-11/h5-6,9,11H,2-4,7-8,15H2,1H3,(H,16,17). The Morgan fingerprint density at radius 3 is 2.65 bits per heavy atom. The van der Waals surface area contributed by atoms with Crippen LogP contribution in [0.4, 0.5) is 11.4 Å². The van der Waals surface area contributed by atoms with Gasteiger partial charge in [-0.2, -0.15) is 0 Å². The topological polar surface area (TPSA) is 55.1 Å². The number of carbonyl (C=O) groups excluding carboxylic acids is 1. The van der Waals surface area contributed by atoms with E-state index >= 15 is 0 Å². The summed E-state index contributed by atoms with van der Waals surface area (Å²) in [5, 5.41) is 2.98. The molecular weight excluding hydrogens is 212 g/mol. The molecule has 1 aromatic carbocycles. The predicted octanol–water partition coefficient (Wildman–Crippen LogP) is 3.10. The van der Waals surface area contributed by atoms with Gasteiger partial charge in [0.25, 0.3) is 0 Å². The maximum absolute atomic E-state index is 12.1. The Morgan fingerprint density at radius 2 is 2.00 bits per heavy atom. The monoisotopic (exact) mass is 232 g/mol. The Hall–Kier alpha value is -1.51. The second-order valence-corrected chi connectivity index (χ2v) is 4.86. The summed E-state index contributed by atoms with van der Waals surface area (Å²) < 4.78 is 0. The molecule has 0 bridgehead atoms. The van der Waals surface area contributed by atoms with E-state index in [-0.39, 0.29) is 11.8 Å². The van der Waals surface area contributed by atoms with E-state index in [2.05, 4.69) is 5.32 Å². The first-order valence-electron chi connectivity index (χ1n) is 6.34. The number of nitrogens with two attached hydrogens (primary N) is 1. The van der Waals surface area contributed by atoms with E-state index in [0.717, 1.165) is 24.1 Å². The van der Waals surface area contributed by atoms with Crippen molar-refractivity contribution in [1.29, 1.82) is 0 Å². The molecule has 0 saturated heterocycles. The van der Waals surface area contributed by atoms with E-state index in [1.165, 1.54) is 19.3 Å². The molecule has 0 atom stereocenters. The van der Waals surface area contributed by atoms with Gasteiger partial charge < -0.3 is 11.1 Å². The molecule has 0 aliphatic heterocycles. The number of carbonyl (C=O) groups is 1. The predicted molar refractivity (Wildman–Crippen MR) is 70.8 cm³/mol. The van der Waals surface area contributed by atoms with Crippen LogP contribution in [0.5, 0.6) is 0 Å². The average molecular weight is 232 g/mol. The highest BCUT2D eigenvalue weighted by molar-refractivity contribution is 5.96. The minimum Gasteiger partial charge on any atom is -0.397 e. The zero-order chi connectivity index (χ0) is 12.3. The molecule has 1 fully saturated rings. The van der Waals surface area contributed by atoms with E-state index < -0.39 is 0 Å². The number of nitrogens with one attached hydrogen (secondary N) is 1. The first kappa shape index (κ1) is 12.0. The number of nitrogen functional groups attached to an aromatic ring is 1. The van der Waals surface area contributed by atoms with Gasteiger partial charge in [0.15, 0.2) is 0 Å². The molecule has 0 aromatic heterocycles. The third-order valence-electron chi connectivity index (χ3n) is 3.53. The second kappa shape index (κ2) is 5.21. The van der Waals surface area contributed by atoms with E-state index in [9.17, 15) is 4.79 Å². The van der Waals surface area contributed by atoms with Crippen molar-refractivity contribution in [3.8, 4) is 0 Å². The molecule has 0 heterocycles. The molecule has 1 aliphatic rings. The number of amides is 1. The fraction of sp³-hybridized carbons (Fsp3) is 0.500.